The highest BCUT2D eigenvalue weighted by atomic mass is 32.1. The van der Waals surface area contributed by atoms with Gasteiger partial charge in [0.1, 0.15) is 17.0 Å². The molecule has 0 radical (unpaired) electrons. The summed E-state index contributed by atoms with van der Waals surface area (Å²) in [5.41, 5.74) is -0.110. The maximum absolute atomic E-state index is 13.0. The molecule has 0 bridgehead atoms. The largest absolute Gasteiger partial charge is 0.360 e. The van der Waals surface area contributed by atoms with Gasteiger partial charge >= 0.3 is 5.69 Å². The van der Waals surface area contributed by atoms with E-state index in [4.69, 9.17) is 4.52 Å². The third kappa shape index (κ3) is 3.08. The molecule has 0 aliphatic heterocycles. The summed E-state index contributed by atoms with van der Waals surface area (Å²) in [7, 11) is 0. The van der Waals surface area contributed by atoms with Crippen LogP contribution in [0.5, 0.6) is 0 Å². The van der Waals surface area contributed by atoms with Gasteiger partial charge in [-0.3, -0.25) is 14.2 Å². The number of rotatable bonds is 4. The highest BCUT2D eigenvalue weighted by molar-refractivity contribution is 7.17. The Morgan fingerprint density at radius 2 is 2.00 bits per heavy atom. The summed E-state index contributed by atoms with van der Waals surface area (Å²) in [5.74, 6) is 0.375. The van der Waals surface area contributed by atoms with Crippen LogP contribution in [0.15, 0.2) is 62.0 Å². The first-order valence-electron chi connectivity index (χ1n) is 8.06. The number of nitrogens with one attached hydrogen (secondary N) is 1. The third-order valence-electron chi connectivity index (χ3n) is 3.97. The predicted molar refractivity (Wildman–Crippen MR) is 102 cm³/mol. The van der Waals surface area contributed by atoms with Crippen LogP contribution in [0.4, 0.5) is 5.82 Å². The van der Waals surface area contributed by atoms with Crippen molar-refractivity contribution in [2.24, 2.45) is 0 Å². The van der Waals surface area contributed by atoms with Crippen molar-refractivity contribution in [3.63, 3.8) is 0 Å². The van der Waals surface area contributed by atoms with E-state index in [0.717, 1.165) is 4.57 Å². The molecule has 8 nitrogen and oxygen atoms in total. The van der Waals surface area contributed by atoms with Crippen LogP contribution in [0, 0.1) is 6.92 Å². The molecule has 1 aromatic carbocycles. The molecule has 0 aliphatic carbocycles. The van der Waals surface area contributed by atoms with Gasteiger partial charge in [0.15, 0.2) is 5.82 Å². The number of carbonyl (C=O) groups excluding carboxylic acids is 1. The Morgan fingerprint density at radius 1 is 1.22 bits per heavy atom. The number of amides is 1. The van der Waals surface area contributed by atoms with E-state index >= 15 is 0 Å². The summed E-state index contributed by atoms with van der Waals surface area (Å²) in [6.45, 7) is 1.45. The molecule has 0 atom stereocenters. The number of benzene rings is 1. The molecular weight excluding hydrogens is 368 g/mol. The smallest absolute Gasteiger partial charge is 0.336 e. The van der Waals surface area contributed by atoms with Crippen molar-refractivity contribution in [3.05, 3.63) is 74.4 Å². The Morgan fingerprint density at radius 3 is 2.70 bits per heavy atom. The van der Waals surface area contributed by atoms with Crippen LogP contribution >= 0.6 is 11.3 Å². The Labute approximate surface area is 156 Å². The van der Waals surface area contributed by atoms with Crippen LogP contribution in [-0.2, 0) is 11.3 Å². The average molecular weight is 382 g/mol. The normalized spacial score (nSPS) is 11.0. The fourth-order valence-electron chi connectivity index (χ4n) is 2.80. The minimum absolute atomic E-state index is 0.259. The minimum Gasteiger partial charge on any atom is -0.360 e. The molecule has 3 heterocycles. The van der Waals surface area contributed by atoms with E-state index in [1.807, 2.05) is 0 Å². The lowest BCUT2D eigenvalue weighted by Crippen LogP contribution is -2.40. The first kappa shape index (κ1) is 17.0. The Kier molecular flexibility index (Phi) is 4.21. The highest BCUT2D eigenvalue weighted by Crippen LogP contribution is 2.16. The molecule has 4 aromatic rings. The van der Waals surface area contributed by atoms with Crippen LogP contribution < -0.4 is 16.6 Å². The molecule has 136 valence electrons. The average Bonchev–Trinajstić information content (AvgIpc) is 3.29. The van der Waals surface area contributed by atoms with Gasteiger partial charge in [0.25, 0.3) is 5.56 Å². The Bertz CT molecular complexity index is 1250. The van der Waals surface area contributed by atoms with Crippen LogP contribution in [-0.4, -0.2) is 20.2 Å². The summed E-state index contributed by atoms with van der Waals surface area (Å²) in [6, 6.07) is 11.9. The lowest BCUT2D eigenvalue weighted by Gasteiger charge is -2.11. The molecule has 27 heavy (non-hydrogen) atoms. The summed E-state index contributed by atoms with van der Waals surface area (Å²) in [4.78, 5) is 38.2. The second kappa shape index (κ2) is 6.69. The zero-order valence-corrected chi connectivity index (χ0v) is 15.0. The van der Waals surface area contributed by atoms with Crippen molar-refractivity contribution in [2.75, 3.05) is 5.32 Å². The SMILES string of the molecule is Cc1cc(NC(=O)Cn2c(=O)n(-c3ccccc3)c(=O)c3sccc32)no1. The van der Waals surface area contributed by atoms with Gasteiger partial charge in [-0.25, -0.2) is 9.36 Å². The number of aryl methyl sites for hydroxylation is 1. The molecular formula is C18H14N4O4S. The maximum atomic E-state index is 13.0. The molecule has 3 aromatic heterocycles. The van der Waals surface area contributed by atoms with Crippen molar-refractivity contribution < 1.29 is 9.32 Å². The van der Waals surface area contributed by atoms with Crippen LogP contribution in [0.2, 0.25) is 0 Å². The van der Waals surface area contributed by atoms with Gasteiger partial charge in [-0.1, -0.05) is 23.4 Å². The molecule has 9 heteroatoms. The summed E-state index contributed by atoms with van der Waals surface area (Å²) < 4.78 is 7.67. The number of fused-ring (bicyclic) bond motifs is 1. The van der Waals surface area contributed by atoms with E-state index in [0.29, 0.717) is 21.7 Å². The van der Waals surface area contributed by atoms with Crippen LogP contribution in [0.25, 0.3) is 15.9 Å². The second-order valence-corrected chi connectivity index (χ2v) is 6.77. The molecule has 0 aliphatic rings. The first-order valence-corrected chi connectivity index (χ1v) is 8.94. The summed E-state index contributed by atoms with van der Waals surface area (Å²) in [5, 5.41) is 8.00. The monoisotopic (exact) mass is 382 g/mol. The number of aromatic nitrogens is 3. The van der Waals surface area contributed by atoms with E-state index in [9.17, 15) is 14.4 Å². The van der Waals surface area contributed by atoms with E-state index in [2.05, 4.69) is 10.5 Å². The summed E-state index contributed by atoms with van der Waals surface area (Å²) >= 11 is 1.23. The number of carbonyl (C=O) groups is 1. The minimum atomic E-state index is -0.580. The molecule has 4 rings (SSSR count). The Hall–Kier alpha value is -3.46. The van der Waals surface area contributed by atoms with Gasteiger partial charge in [-0.2, -0.15) is 0 Å². The van der Waals surface area contributed by atoms with E-state index < -0.39 is 17.2 Å². The lowest BCUT2D eigenvalue weighted by molar-refractivity contribution is -0.116. The number of hydrogen-bond donors (Lipinski definition) is 1. The molecule has 0 fully saturated rings. The fourth-order valence-corrected chi connectivity index (χ4v) is 3.62. The molecule has 1 amide bonds. The van der Waals surface area contributed by atoms with Crippen LogP contribution in [0.3, 0.4) is 0 Å². The van der Waals surface area contributed by atoms with Crippen molar-refractivity contribution in [2.45, 2.75) is 13.5 Å². The highest BCUT2D eigenvalue weighted by Gasteiger charge is 2.18. The first-order chi connectivity index (χ1) is 13.0. The van der Waals surface area contributed by atoms with Gasteiger partial charge in [-0.15, -0.1) is 11.3 Å². The number of anilines is 1. The Balaban J connectivity index is 1.80. The van der Waals surface area contributed by atoms with Crippen molar-refractivity contribution in [1.29, 1.82) is 0 Å². The molecule has 0 saturated carbocycles. The number of nitrogens with zero attached hydrogens (tertiary/aromatic N) is 3. The van der Waals surface area contributed by atoms with Gasteiger partial charge in [0, 0.05) is 6.07 Å². The molecule has 0 spiro atoms. The predicted octanol–water partition coefficient (Wildman–Crippen LogP) is 2.15. The topological polar surface area (TPSA) is 99.1 Å². The van der Waals surface area contributed by atoms with Crippen molar-refractivity contribution in [1.82, 2.24) is 14.3 Å². The van der Waals surface area contributed by atoms with Crippen molar-refractivity contribution >= 4 is 33.3 Å². The molecule has 0 unspecified atom stereocenters. The fraction of sp³-hybridized carbons (Fsp3) is 0.111. The lowest BCUT2D eigenvalue weighted by atomic mass is 10.3. The zero-order valence-electron chi connectivity index (χ0n) is 14.2. The molecule has 0 saturated heterocycles. The van der Waals surface area contributed by atoms with Gasteiger partial charge in [-0.05, 0) is 30.5 Å². The number of hydrogen-bond acceptors (Lipinski definition) is 6. The van der Waals surface area contributed by atoms with E-state index in [1.165, 1.54) is 15.9 Å². The van der Waals surface area contributed by atoms with E-state index in [-0.39, 0.29) is 12.4 Å². The van der Waals surface area contributed by atoms with Gasteiger partial charge in [0.2, 0.25) is 5.91 Å². The maximum Gasteiger partial charge on any atom is 0.336 e. The third-order valence-corrected chi connectivity index (χ3v) is 4.86. The summed E-state index contributed by atoms with van der Waals surface area (Å²) in [6.07, 6.45) is 0. The van der Waals surface area contributed by atoms with Crippen molar-refractivity contribution in [3.8, 4) is 5.69 Å². The number of thiophene rings is 1. The standard InChI is InChI=1S/C18H14N4O4S/c1-11-9-14(20-26-11)19-15(23)10-21-13-7-8-27-16(13)17(24)22(18(21)25)12-5-3-2-4-6-12/h2-9H,10H2,1H3,(H,19,20,23). The molecule has 1 N–H and O–H groups in total. The van der Waals surface area contributed by atoms with Crippen LogP contribution in [0.1, 0.15) is 5.76 Å². The second-order valence-electron chi connectivity index (χ2n) is 5.85. The van der Waals surface area contributed by atoms with Gasteiger partial charge < -0.3 is 9.84 Å². The van der Waals surface area contributed by atoms with E-state index in [1.54, 1.807) is 54.8 Å². The number of para-hydroxylation sites is 1. The van der Waals surface area contributed by atoms with Gasteiger partial charge in [0.05, 0.1) is 11.2 Å². The quantitative estimate of drug-likeness (QED) is 0.583. The zero-order chi connectivity index (χ0) is 19.0.